The Bertz CT molecular complexity index is 942. The number of aromatic nitrogens is 4. The molecule has 2 N–H and O–H groups in total. The first-order valence-corrected chi connectivity index (χ1v) is 12.2. The molecule has 0 aromatic carbocycles. The van der Waals surface area contributed by atoms with E-state index in [1.165, 1.54) is 46.2 Å². The van der Waals surface area contributed by atoms with Gasteiger partial charge in [-0.2, -0.15) is 0 Å². The van der Waals surface area contributed by atoms with Crippen LogP contribution >= 0.6 is 46.2 Å². The average Bonchev–Trinajstić information content (AvgIpc) is 3.45. The molecule has 0 spiro atoms. The van der Waals surface area contributed by atoms with Crippen molar-refractivity contribution in [3.8, 4) is 10.8 Å². The first-order valence-electron chi connectivity index (χ1n) is 8.56. The van der Waals surface area contributed by atoms with Crippen LogP contribution in [-0.4, -0.2) is 55.2 Å². The molecule has 0 saturated heterocycles. The normalized spacial score (nSPS) is 10.9. The number of primary amides is 1. The van der Waals surface area contributed by atoms with Gasteiger partial charge < -0.3 is 15.1 Å². The molecule has 154 valence electrons. The summed E-state index contributed by atoms with van der Waals surface area (Å²) in [5.74, 6) is 0.785. The van der Waals surface area contributed by atoms with Gasteiger partial charge in [-0.05, 0) is 17.9 Å². The second-order valence-corrected chi connectivity index (χ2v) is 10.0. The van der Waals surface area contributed by atoms with Gasteiger partial charge in [0.15, 0.2) is 8.68 Å². The molecule has 3 aromatic rings. The third-order valence-electron chi connectivity index (χ3n) is 3.42. The zero-order valence-electron chi connectivity index (χ0n) is 15.4. The summed E-state index contributed by atoms with van der Waals surface area (Å²) in [6, 6.07) is 3.82. The molecule has 0 unspecified atom stereocenters. The van der Waals surface area contributed by atoms with Crippen molar-refractivity contribution >= 4 is 58.0 Å². The Morgan fingerprint density at radius 1 is 1.17 bits per heavy atom. The zero-order chi connectivity index (χ0) is 20.6. The molecule has 0 atom stereocenters. The molecule has 0 saturated carbocycles. The van der Waals surface area contributed by atoms with E-state index in [0.717, 1.165) is 11.3 Å². The highest BCUT2D eigenvalue weighted by molar-refractivity contribution is 8.03. The Hall–Kier alpha value is -1.96. The smallest absolute Gasteiger partial charge is 0.257 e. The minimum Gasteiger partial charge on any atom is -0.418 e. The third kappa shape index (κ3) is 6.52. The molecule has 9 nitrogen and oxygen atoms in total. The molecule has 0 aliphatic rings. The van der Waals surface area contributed by atoms with E-state index in [2.05, 4.69) is 20.4 Å². The van der Waals surface area contributed by atoms with E-state index >= 15 is 0 Å². The van der Waals surface area contributed by atoms with E-state index in [-0.39, 0.29) is 24.0 Å². The number of carbonyl (C=O) groups is 2. The highest BCUT2D eigenvalue weighted by atomic mass is 32.2. The standard InChI is InChI=1S/C16H18N6O3S4/c1-2-5-22(7-12-18-19-14(25-12)10-4-3-6-26-10)13(24)9-28-16-21-20-15(29-16)27-8-11(17)23/h3-4,6H,2,5,7-9H2,1H3,(H2,17,23). The second-order valence-electron chi connectivity index (χ2n) is 5.67. The highest BCUT2D eigenvalue weighted by Crippen LogP contribution is 2.29. The van der Waals surface area contributed by atoms with E-state index in [4.69, 9.17) is 10.2 Å². The maximum absolute atomic E-state index is 12.7. The van der Waals surface area contributed by atoms with Crippen LogP contribution in [-0.2, 0) is 16.1 Å². The van der Waals surface area contributed by atoms with E-state index in [1.54, 1.807) is 4.90 Å². The SMILES string of the molecule is CCCN(Cc1nnc(-c2cccs2)o1)C(=O)CSc1nnc(SCC(N)=O)s1. The molecule has 13 heteroatoms. The summed E-state index contributed by atoms with van der Waals surface area (Å²) >= 11 is 5.40. The van der Waals surface area contributed by atoms with E-state index in [0.29, 0.717) is 27.0 Å². The fourth-order valence-electron chi connectivity index (χ4n) is 2.20. The first kappa shape index (κ1) is 21.7. The Kier molecular flexibility index (Phi) is 8.03. The lowest BCUT2D eigenvalue weighted by atomic mass is 10.4. The quantitative estimate of drug-likeness (QED) is 0.421. The van der Waals surface area contributed by atoms with Gasteiger partial charge in [0.2, 0.25) is 17.7 Å². The average molecular weight is 471 g/mol. The number of thiophene rings is 1. The van der Waals surface area contributed by atoms with Crippen LogP contribution in [0.2, 0.25) is 0 Å². The highest BCUT2D eigenvalue weighted by Gasteiger charge is 2.19. The van der Waals surface area contributed by atoms with Crippen molar-refractivity contribution < 1.29 is 14.0 Å². The largest absolute Gasteiger partial charge is 0.418 e. The van der Waals surface area contributed by atoms with Crippen LogP contribution in [0.25, 0.3) is 10.8 Å². The number of carbonyl (C=O) groups excluding carboxylic acids is 2. The molecule has 0 bridgehead atoms. The molecule has 3 heterocycles. The van der Waals surface area contributed by atoms with Crippen LogP contribution in [0, 0.1) is 0 Å². The summed E-state index contributed by atoms with van der Waals surface area (Å²) < 4.78 is 7.01. The second kappa shape index (κ2) is 10.7. The van der Waals surface area contributed by atoms with Crippen LogP contribution in [0.15, 0.2) is 30.6 Å². The van der Waals surface area contributed by atoms with Gasteiger partial charge in [-0.25, -0.2) is 0 Å². The predicted molar refractivity (Wildman–Crippen MR) is 114 cm³/mol. The van der Waals surface area contributed by atoms with Crippen LogP contribution in [0.3, 0.4) is 0 Å². The van der Waals surface area contributed by atoms with Crippen molar-refractivity contribution in [2.24, 2.45) is 5.73 Å². The van der Waals surface area contributed by atoms with Gasteiger partial charge >= 0.3 is 0 Å². The van der Waals surface area contributed by atoms with Crippen molar-refractivity contribution in [2.45, 2.75) is 28.6 Å². The van der Waals surface area contributed by atoms with Crippen LogP contribution in [0.1, 0.15) is 19.2 Å². The summed E-state index contributed by atoms with van der Waals surface area (Å²) in [5.41, 5.74) is 5.12. The van der Waals surface area contributed by atoms with Crippen LogP contribution in [0.4, 0.5) is 0 Å². The van der Waals surface area contributed by atoms with E-state index in [9.17, 15) is 9.59 Å². The van der Waals surface area contributed by atoms with Crippen molar-refractivity contribution in [1.29, 1.82) is 0 Å². The molecule has 0 aliphatic carbocycles. The Balaban J connectivity index is 1.55. The monoisotopic (exact) mass is 470 g/mol. The maximum Gasteiger partial charge on any atom is 0.257 e. The van der Waals surface area contributed by atoms with Gasteiger partial charge in [0, 0.05) is 6.54 Å². The van der Waals surface area contributed by atoms with Gasteiger partial charge in [-0.3, -0.25) is 9.59 Å². The third-order valence-corrected chi connectivity index (χ3v) is 7.47. The van der Waals surface area contributed by atoms with E-state index < -0.39 is 5.91 Å². The number of hydrogen-bond acceptors (Lipinski definition) is 11. The fraction of sp³-hybridized carbons (Fsp3) is 0.375. The van der Waals surface area contributed by atoms with E-state index in [1.807, 2.05) is 24.4 Å². The molecule has 2 amide bonds. The van der Waals surface area contributed by atoms with Crippen LogP contribution in [0.5, 0.6) is 0 Å². The minimum atomic E-state index is -0.409. The minimum absolute atomic E-state index is 0.0470. The summed E-state index contributed by atoms with van der Waals surface area (Å²) in [6.07, 6.45) is 0.815. The molecule has 3 rings (SSSR count). The van der Waals surface area contributed by atoms with Gasteiger partial charge in [0.1, 0.15) is 0 Å². The molecule has 29 heavy (non-hydrogen) atoms. The van der Waals surface area contributed by atoms with Gasteiger partial charge in [-0.15, -0.1) is 31.7 Å². The molecule has 0 radical (unpaired) electrons. The lowest BCUT2D eigenvalue weighted by Gasteiger charge is -2.19. The van der Waals surface area contributed by atoms with Crippen molar-refractivity contribution in [1.82, 2.24) is 25.3 Å². The number of amides is 2. The Labute approximate surface area is 183 Å². The lowest BCUT2D eigenvalue weighted by Crippen LogP contribution is -2.32. The maximum atomic E-state index is 12.7. The number of thioether (sulfide) groups is 2. The van der Waals surface area contributed by atoms with Gasteiger partial charge in [0.25, 0.3) is 5.89 Å². The predicted octanol–water partition coefficient (Wildman–Crippen LogP) is 2.76. The summed E-state index contributed by atoms with van der Waals surface area (Å²) in [6.45, 7) is 2.86. The zero-order valence-corrected chi connectivity index (χ0v) is 18.7. The fourth-order valence-corrected chi connectivity index (χ4v) is 5.51. The summed E-state index contributed by atoms with van der Waals surface area (Å²) in [4.78, 5) is 26.1. The van der Waals surface area contributed by atoms with Crippen LogP contribution < -0.4 is 5.73 Å². The lowest BCUT2D eigenvalue weighted by molar-refractivity contribution is -0.129. The molecule has 0 aliphatic heterocycles. The number of hydrogen-bond donors (Lipinski definition) is 1. The molecule has 3 aromatic heterocycles. The summed E-state index contributed by atoms with van der Waals surface area (Å²) in [7, 11) is 0. The van der Waals surface area contributed by atoms with Crippen molar-refractivity contribution in [3.05, 3.63) is 23.4 Å². The Morgan fingerprint density at radius 2 is 1.93 bits per heavy atom. The summed E-state index contributed by atoms with van der Waals surface area (Å²) in [5, 5.41) is 18.1. The first-order chi connectivity index (χ1) is 14.0. The number of rotatable bonds is 11. The van der Waals surface area contributed by atoms with Gasteiger partial charge in [-0.1, -0.05) is 47.9 Å². The van der Waals surface area contributed by atoms with Crippen molar-refractivity contribution in [3.63, 3.8) is 0 Å². The molecular formula is C16H18N6O3S4. The number of nitrogens with zero attached hydrogens (tertiary/aromatic N) is 5. The topological polar surface area (TPSA) is 128 Å². The molecular weight excluding hydrogens is 452 g/mol. The number of nitrogens with two attached hydrogens (primary N) is 1. The van der Waals surface area contributed by atoms with Crippen molar-refractivity contribution in [2.75, 3.05) is 18.1 Å². The Morgan fingerprint density at radius 3 is 2.59 bits per heavy atom. The molecule has 0 fully saturated rings. The van der Waals surface area contributed by atoms with Gasteiger partial charge in [0.05, 0.1) is 22.9 Å².